The van der Waals surface area contributed by atoms with Crippen LogP contribution < -0.4 is 5.73 Å². The molecule has 14 heavy (non-hydrogen) atoms. The third kappa shape index (κ3) is 3.07. The molecule has 0 saturated carbocycles. The highest BCUT2D eigenvalue weighted by Crippen LogP contribution is 2.26. The zero-order valence-electron chi connectivity index (χ0n) is 8.26. The van der Waals surface area contributed by atoms with Gasteiger partial charge in [-0.1, -0.05) is 22.9 Å². The van der Waals surface area contributed by atoms with Crippen LogP contribution in [0.5, 0.6) is 0 Å². The second kappa shape index (κ2) is 5.47. The van der Waals surface area contributed by atoms with Crippen LogP contribution in [0.15, 0.2) is 22.7 Å². The Balaban J connectivity index is 2.77. The predicted molar refractivity (Wildman–Crippen MR) is 60.8 cm³/mol. The molecule has 0 radical (unpaired) electrons. The molecule has 0 aliphatic heterocycles. The molecule has 3 heteroatoms. The molecule has 78 valence electrons. The van der Waals surface area contributed by atoms with Crippen molar-refractivity contribution in [2.24, 2.45) is 5.73 Å². The summed E-state index contributed by atoms with van der Waals surface area (Å²) >= 11 is 3.34. The molecule has 1 unspecified atom stereocenters. The molecular formula is C11H15BrFN. The number of hydrogen-bond acceptors (Lipinski definition) is 1. The Morgan fingerprint density at radius 2 is 2.21 bits per heavy atom. The summed E-state index contributed by atoms with van der Waals surface area (Å²) < 4.78 is 14.3. The van der Waals surface area contributed by atoms with E-state index in [9.17, 15) is 4.39 Å². The molecule has 2 N–H and O–H groups in total. The van der Waals surface area contributed by atoms with Crippen molar-refractivity contribution in [1.29, 1.82) is 0 Å². The van der Waals surface area contributed by atoms with Crippen molar-refractivity contribution < 1.29 is 4.39 Å². The molecule has 0 saturated heterocycles. The van der Waals surface area contributed by atoms with Crippen LogP contribution in [0.4, 0.5) is 4.39 Å². The summed E-state index contributed by atoms with van der Waals surface area (Å²) in [6.07, 6.45) is 1.87. The molecular weight excluding hydrogens is 245 g/mol. The number of halogens is 2. The fourth-order valence-corrected chi connectivity index (χ4v) is 1.85. The Labute approximate surface area is 92.6 Å². The molecule has 1 atom stereocenters. The average Bonchev–Trinajstić information content (AvgIpc) is 2.18. The van der Waals surface area contributed by atoms with Crippen LogP contribution >= 0.6 is 15.9 Å². The second-order valence-electron chi connectivity index (χ2n) is 3.50. The van der Waals surface area contributed by atoms with Crippen LogP contribution in [0.1, 0.15) is 31.2 Å². The summed E-state index contributed by atoms with van der Waals surface area (Å²) in [6.45, 7) is 2.69. The maximum Gasteiger partial charge on any atom is 0.126 e. The van der Waals surface area contributed by atoms with Crippen LogP contribution in [0, 0.1) is 5.82 Å². The third-order valence-electron chi connectivity index (χ3n) is 2.33. The first-order valence-electron chi connectivity index (χ1n) is 4.80. The zero-order chi connectivity index (χ0) is 10.6. The van der Waals surface area contributed by atoms with E-state index in [4.69, 9.17) is 5.73 Å². The Bertz CT molecular complexity index is 301. The molecule has 1 aromatic rings. The molecule has 0 bridgehead atoms. The summed E-state index contributed by atoms with van der Waals surface area (Å²) in [5.41, 5.74) is 6.19. The molecule has 1 rings (SSSR count). The lowest BCUT2D eigenvalue weighted by Crippen LogP contribution is -2.03. The topological polar surface area (TPSA) is 26.0 Å². The summed E-state index contributed by atoms with van der Waals surface area (Å²) in [6, 6.07) is 5.06. The minimum Gasteiger partial charge on any atom is -0.330 e. The van der Waals surface area contributed by atoms with Gasteiger partial charge < -0.3 is 5.73 Å². The first-order chi connectivity index (χ1) is 6.65. The molecule has 0 heterocycles. The van der Waals surface area contributed by atoms with Gasteiger partial charge in [0, 0.05) is 4.47 Å². The van der Waals surface area contributed by atoms with E-state index in [1.165, 1.54) is 6.07 Å². The summed E-state index contributed by atoms with van der Waals surface area (Å²) in [5, 5.41) is 0. The van der Waals surface area contributed by atoms with E-state index in [-0.39, 0.29) is 11.7 Å². The second-order valence-corrected chi connectivity index (χ2v) is 4.41. The van der Waals surface area contributed by atoms with Crippen molar-refractivity contribution >= 4 is 15.9 Å². The van der Waals surface area contributed by atoms with Crippen molar-refractivity contribution in [2.75, 3.05) is 6.54 Å². The third-order valence-corrected chi connectivity index (χ3v) is 2.82. The van der Waals surface area contributed by atoms with Crippen LogP contribution in [0.3, 0.4) is 0 Å². The van der Waals surface area contributed by atoms with Crippen LogP contribution in [-0.4, -0.2) is 6.54 Å². The van der Waals surface area contributed by atoms with Gasteiger partial charge in [0.05, 0.1) is 0 Å². The van der Waals surface area contributed by atoms with Crippen molar-refractivity contribution in [3.63, 3.8) is 0 Å². The van der Waals surface area contributed by atoms with Gasteiger partial charge in [0.25, 0.3) is 0 Å². The van der Waals surface area contributed by atoms with Gasteiger partial charge in [0.1, 0.15) is 5.82 Å². The molecule has 0 amide bonds. The lowest BCUT2D eigenvalue weighted by molar-refractivity contribution is 0.564. The Hall–Kier alpha value is -0.410. The number of rotatable bonds is 4. The normalized spacial score (nSPS) is 12.9. The maximum atomic E-state index is 13.4. The van der Waals surface area contributed by atoms with Gasteiger partial charge in [-0.15, -0.1) is 0 Å². The van der Waals surface area contributed by atoms with Crippen LogP contribution in [-0.2, 0) is 0 Å². The zero-order valence-corrected chi connectivity index (χ0v) is 9.85. The quantitative estimate of drug-likeness (QED) is 0.881. The molecule has 0 spiro atoms. The lowest BCUT2D eigenvalue weighted by Gasteiger charge is -2.12. The maximum absolute atomic E-state index is 13.4. The highest BCUT2D eigenvalue weighted by Gasteiger charge is 2.10. The molecule has 1 aromatic carbocycles. The Kier molecular flexibility index (Phi) is 4.55. The highest BCUT2D eigenvalue weighted by molar-refractivity contribution is 9.10. The van der Waals surface area contributed by atoms with Gasteiger partial charge in [-0.3, -0.25) is 0 Å². The van der Waals surface area contributed by atoms with Gasteiger partial charge in [-0.05, 0) is 49.1 Å². The summed E-state index contributed by atoms with van der Waals surface area (Å²) in [4.78, 5) is 0. The molecule has 0 aromatic heterocycles. The predicted octanol–water partition coefficient (Wildman–Crippen LogP) is 3.43. The smallest absolute Gasteiger partial charge is 0.126 e. The van der Waals surface area contributed by atoms with Crippen molar-refractivity contribution in [3.8, 4) is 0 Å². The van der Waals surface area contributed by atoms with Crippen molar-refractivity contribution in [2.45, 2.75) is 25.7 Å². The summed E-state index contributed by atoms with van der Waals surface area (Å²) in [7, 11) is 0. The lowest BCUT2D eigenvalue weighted by atomic mass is 9.96. The van der Waals surface area contributed by atoms with Crippen LogP contribution in [0.25, 0.3) is 0 Å². The van der Waals surface area contributed by atoms with Gasteiger partial charge >= 0.3 is 0 Å². The summed E-state index contributed by atoms with van der Waals surface area (Å²) in [5.74, 6) is 0.105. The van der Waals surface area contributed by atoms with E-state index >= 15 is 0 Å². The first kappa shape index (κ1) is 11.7. The number of benzene rings is 1. The molecule has 1 nitrogen and oxygen atoms in total. The SMILES string of the molecule is CC(CCCN)c1cc(Br)ccc1F. The van der Waals surface area contributed by atoms with E-state index in [2.05, 4.69) is 15.9 Å². The number of hydrogen-bond donors (Lipinski definition) is 1. The Morgan fingerprint density at radius 1 is 1.50 bits per heavy atom. The van der Waals surface area contributed by atoms with Gasteiger partial charge in [0.2, 0.25) is 0 Å². The molecule has 0 aliphatic rings. The Morgan fingerprint density at radius 3 is 2.86 bits per heavy atom. The van der Waals surface area contributed by atoms with E-state index < -0.39 is 0 Å². The van der Waals surface area contributed by atoms with Crippen LogP contribution in [0.2, 0.25) is 0 Å². The largest absolute Gasteiger partial charge is 0.330 e. The van der Waals surface area contributed by atoms with E-state index in [1.54, 1.807) is 6.07 Å². The number of nitrogens with two attached hydrogens (primary N) is 1. The van der Waals surface area contributed by atoms with Gasteiger partial charge in [0.15, 0.2) is 0 Å². The minimum atomic E-state index is -0.127. The van der Waals surface area contributed by atoms with Gasteiger partial charge in [-0.25, -0.2) is 4.39 Å². The van der Waals surface area contributed by atoms with Crippen molar-refractivity contribution in [1.82, 2.24) is 0 Å². The standard InChI is InChI=1S/C11H15BrFN/c1-8(3-2-6-14)10-7-9(12)4-5-11(10)13/h4-5,7-8H,2-3,6,14H2,1H3. The monoisotopic (exact) mass is 259 g/mol. The minimum absolute atomic E-state index is 0.127. The molecule has 0 fully saturated rings. The first-order valence-corrected chi connectivity index (χ1v) is 5.59. The fraction of sp³-hybridized carbons (Fsp3) is 0.455. The van der Waals surface area contributed by atoms with E-state index in [1.807, 2.05) is 13.0 Å². The fourth-order valence-electron chi connectivity index (χ4n) is 1.47. The van der Waals surface area contributed by atoms with Crippen molar-refractivity contribution in [3.05, 3.63) is 34.1 Å². The average molecular weight is 260 g/mol. The van der Waals surface area contributed by atoms with Gasteiger partial charge in [-0.2, -0.15) is 0 Å². The highest BCUT2D eigenvalue weighted by atomic mass is 79.9. The van der Waals surface area contributed by atoms with E-state index in [0.29, 0.717) is 6.54 Å². The molecule has 0 aliphatic carbocycles. The van der Waals surface area contributed by atoms with E-state index in [0.717, 1.165) is 22.9 Å².